The Hall–Kier alpha value is -2.27. The molecule has 0 fully saturated rings. The third kappa shape index (κ3) is 7.86. The molecule has 2 aromatic carbocycles. The van der Waals surface area contributed by atoms with Gasteiger partial charge in [-0.25, -0.2) is 0 Å². The van der Waals surface area contributed by atoms with Crippen LogP contribution in [0.4, 0.5) is 0 Å². The third-order valence-electron chi connectivity index (χ3n) is 4.87. The molecule has 30 heavy (non-hydrogen) atoms. The largest absolute Gasteiger partial charge is 0.354 e. The van der Waals surface area contributed by atoms with E-state index >= 15 is 0 Å². The minimum absolute atomic E-state index is 0.0190. The van der Waals surface area contributed by atoms with Crippen molar-refractivity contribution in [3.05, 3.63) is 65.7 Å². The average Bonchev–Trinajstić information content (AvgIpc) is 2.74. The van der Waals surface area contributed by atoms with Gasteiger partial charge in [0.15, 0.2) is 0 Å². The van der Waals surface area contributed by atoms with E-state index in [4.69, 9.17) is 0 Å². The van der Waals surface area contributed by atoms with Gasteiger partial charge in [-0.3, -0.25) is 9.59 Å². The second kappa shape index (κ2) is 12.4. The zero-order valence-corrected chi connectivity index (χ0v) is 19.4. The van der Waals surface area contributed by atoms with E-state index in [1.807, 2.05) is 68.4 Å². The van der Waals surface area contributed by atoms with Gasteiger partial charge in [0.2, 0.25) is 11.8 Å². The van der Waals surface area contributed by atoms with Crippen LogP contribution in [-0.4, -0.2) is 35.1 Å². The average molecular weight is 427 g/mol. The van der Waals surface area contributed by atoms with Crippen molar-refractivity contribution < 1.29 is 9.59 Å². The van der Waals surface area contributed by atoms with Crippen molar-refractivity contribution >= 4 is 23.6 Å². The number of hydrogen-bond acceptors (Lipinski definition) is 3. The van der Waals surface area contributed by atoms with Crippen molar-refractivity contribution in [2.75, 3.05) is 12.3 Å². The van der Waals surface area contributed by atoms with E-state index in [0.29, 0.717) is 37.6 Å². The Morgan fingerprint density at radius 2 is 1.70 bits per heavy atom. The highest BCUT2D eigenvalue weighted by Gasteiger charge is 2.28. The van der Waals surface area contributed by atoms with Gasteiger partial charge in [0.05, 0.1) is 0 Å². The van der Waals surface area contributed by atoms with Crippen molar-refractivity contribution in [1.29, 1.82) is 0 Å². The molecule has 0 saturated heterocycles. The summed E-state index contributed by atoms with van der Waals surface area (Å²) in [5.41, 5.74) is 2.22. The van der Waals surface area contributed by atoms with Crippen molar-refractivity contribution in [1.82, 2.24) is 10.2 Å². The smallest absolute Gasteiger partial charge is 0.242 e. The van der Waals surface area contributed by atoms with E-state index in [0.717, 1.165) is 10.5 Å². The fourth-order valence-corrected chi connectivity index (χ4v) is 4.01. The molecule has 0 spiro atoms. The molecule has 1 atom stereocenters. The maximum Gasteiger partial charge on any atom is 0.242 e. The number of carbonyl (C=O) groups excluding carboxylic acids is 2. The van der Waals surface area contributed by atoms with Gasteiger partial charge in [0, 0.05) is 30.2 Å². The summed E-state index contributed by atoms with van der Waals surface area (Å²) in [6, 6.07) is 17.8. The summed E-state index contributed by atoms with van der Waals surface area (Å²) in [5.74, 6) is 1.01. The molecule has 2 aromatic rings. The van der Waals surface area contributed by atoms with Crippen LogP contribution in [0.1, 0.15) is 44.7 Å². The fourth-order valence-electron chi connectivity index (χ4n) is 3.15. The molecular formula is C25H34N2O2S. The van der Waals surface area contributed by atoms with E-state index in [1.165, 1.54) is 5.56 Å². The highest BCUT2D eigenvalue weighted by atomic mass is 32.2. The maximum absolute atomic E-state index is 13.2. The lowest BCUT2D eigenvalue weighted by atomic mass is 10.1. The van der Waals surface area contributed by atoms with Gasteiger partial charge in [-0.2, -0.15) is 0 Å². The lowest BCUT2D eigenvalue weighted by Gasteiger charge is -2.31. The summed E-state index contributed by atoms with van der Waals surface area (Å²) in [6.07, 6.45) is 0.993. The molecule has 2 amide bonds. The maximum atomic E-state index is 13.2. The minimum Gasteiger partial charge on any atom is -0.354 e. The van der Waals surface area contributed by atoms with Crippen LogP contribution >= 0.6 is 11.8 Å². The lowest BCUT2D eigenvalue weighted by Crippen LogP contribution is -2.49. The summed E-state index contributed by atoms with van der Waals surface area (Å²) in [6.45, 7) is 9.21. The third-order valence-corrected chi connectivity index (χ3v) is 5.89. The van der Waals surface area contributed by atoms with Gasteiger partial charge in [0.1, 0.15) is 6.04 Å². The Morgan fingerprint density at radius 3 is 2.30 bits per heavy atom. The molecule has 0 radical (unpaired) electrons. The Labute approximate surface area is 185 Å². The first-order valence-electron chi connectivity index (χ1n) is 10.7. The normalized spacial score (nSPS) is 11.9. The number of amides is 2. The molecular weight excluding hydrogens is 392 g/mol. The molecule has 1 unspecified atom stereocenters. The van der Waals surface area contributed by atoms with Crippen LogP contribution in [0.5, 0.6) is 0 Å². The Morgan fingerprint density at radius 1 is 1.03 bits per heavy atom. The summed E-state index contributed by atoms with van der Waals surface area (Å²) in [5, 5.41) is 3.01. The predicted molar refractivity (Wildman–Crippen MR) is 125 cm³/mol. The highest BCUT2D eigenvalue weighted by molar-refractivity contribution is 7.99. The minimum atomic E-state index is -0.459. The van der Waals surface area contributed by atoms with Crippen molar-refractivity contribution in [3.8, 4) is 0 Å². The van der Waals surface area contributed by atoms with Gasteiger partial charge in [-0.05, 0) is 37.0 Å². The Kier molecular flexibility index (Phi) is 9.95. The highest BCUT2D eigenvalue weighted by Crippen LogP contribution is 2.20. The standard InChI is InChI=1S/C25H34N2O2S/c1-5-23(25(29)26-17-19(2)3)27(18-21-13-11-20(4)12-14-21)24(28)15-16-30-22-9-7-6-8-10-22/h6-14,19,23H,5,15-18H2,1-4H3,(H,26,29). The number of carbonyl (C=O) groups is 2. The summed E-state index contributed by atoms with van der Waals surface area (Å²) in [7, 11) is 0. The molecule has 0 heterocycles. The van der Waals surface area contributed by atoms with Gasteiger partial charge in [-0.1, -0.05) is 68.8 Å². The number of hydrogen-bond donors (Lipinski definition) is 1. The van der Waals surface area contributed by atoms with Crippen LogP contribution < -0.4 is 5.32 Å². The molecule has 0 saturated carbocycles. The van der Waals surface area contributed by atoms with Crippen LogP contribution in [-0.2, 0) is 16.1 Å². The number of thioether (sulfide) groups is 1. The van der Waals surface area contributed by atoms with Gasteiger partial charge < -0.3 is 10.2 Å². The van der Waals surface area contributed by atoms with Crippen LogP contribution in [0, 0.1) is 12.8 Å². The second-order valence-electron chi connectivity index (χ2n) is 7.98. The zero-order chi connectivity index (χ0) is 21.9. The molecule has 0 bridgehead atoms. The van der Waals surface area contributed by atoms with Crippen molar-refractivity contribution in [2.24, 2.45) is 5.92 Å². The zero-order valence-electron chi connectivity index (χ0n) is 18.6. The number of nitrogens with zero attached hydrogens (tertiary/aromatic N) is 1. The Bertz CT molecular complexity index is 791. The van der Waals surface area contributed by atoms with E-state index in [-0.39, 0.29) is 11.8 Å². The van der Waals surface area contributed by atoms with Crippen LogP contribution in [0.3, 0.4) is 0 Å². The molecule has 5 heteroatoms. The molecule has 0 aromatic heterocycles. The molecule has 1 N–H and O–H groups in total. The molecule has 4 nitrogen and oxygen atoms in total. The fraction of sp³-hybridized carbons (Fsp3) is 0.440. The molecule has 0 aliphatic carbocycles. The van der Waals surface area contributed by atoms with Crippen LogP contribution in [0.25, 0.3) is 0 Å². The van der Waals surface area contributed by atoms with Gasteiger partial charge in [0.25, 0.3) is 0 Å². The lowest BCUT2D eigenvalue weighted by molar-refractivity contribution is -0.141. The first-order chi connectivity index (χ1) is 14.4. The second-order valence-corrected chi connectivity index (χ2v) is 9.15. The molecule has 0 aliphatic rings. The topological polar surface area (TPSA) is 49.4 Å². The molecule has 162 valence electrons. The molecule has 2 rings (SSSR count). The van der Waals surface area contributed by atoms with Gasteiger partial charge in [-0.15, -0.1) is 11.8 Å². The Balaban J connectivity index is 2.10. The predicted octanol–water partition coefficient (Wildman–Crippen LogP) is 5.06. The number of nitrogens with one attached hydrogen (secondary N) is 1. The summed E-state index contributed by atoms with van der Waals surface area (Å²) >= 11 is 1.67. The number of aryl methyl sites for hydroxylation is 1. The quantitative estimate of drug-likeness (QED) is 0.511. The number of benzene rings is 2. The van der Waals surface area contributed by atoms with E-state index < -0.39 is 6.04 Å². The number of rotatable bonds is 11. The summed E-state index contributed by atoms with van der Waals surface area (Å²) in [4.78, 5) is 28.9. The van der Waals surface area contributed by atoms with Gasteiger partial charge >= 0.3 is 0 Å². The van der Waals surface area contributed by atoms with E-state index in [1.54, 1.807) is 16.7 Å². The van der Waals surface area contributed by atoms with Crippen LogP contribution in [0.2, 0.25) is 0 Å². The van der Waals surface area contributed by atoms with Crippen molar-refractivity contribution in [3.63, 3.8) is 0 Å². The van der Waals surface area contributed by atoms with Crippen molar-refractivity contribution in [2.45, 2.75) is 58.0 Å². The first kappa shape index (κ1) is 24.0. The summed E-state index contributed by atoms with van der Waals surface area (Å²) < 4.78 is 0. The monoisotopic (exact) mass is 426 g/mol. The SMILES string of the molecule is CCC(C(=O)NCC(C)C)N(Cc1ccc(C)cc1)C(=O)CCSc1ccccc1. The first-order valence-corrected chi connectivity index (χ1v) is 11.7. The van der Waals surface area contributed by atoms with Crippen LogP contribution in [0.15, 0.2) is 59.5 Å². The van der Waals surface area contributed by atoms with E-state index in [9.17, 15) is 9.59 Å². The molecule has 0 aliphatic heterocycles. The van der Waals surface area contributed by atoms with E-state index in [2.05, 4.69) is 19.2 Å².